The predicted molar refractivity (Wildman–Crippen MR) is 74.2 cm³/mol. The van der Waals surface area contributed by atoms with Gasteiger partial charge in [-0.05, 0) is 23.1 Å². The number of halogens is 1. The number of ether oxygens (including phenoxy) is 2. The molecule has 0 bridgehead atoms. The Labute approximate surface area is 116 Å². The van der Waals surface area contributed by atoms with Crippen molar-refractivity contribution in [3.63, 3.8) is 0 Å². The Morgan fingerprint density at radius 3 is 2.28 bits per heavy atom. The summed E-state index contributed by atoms with van der Waals surface area (Å²) in [5.41, 5.74) is 0.620. The van der Waals surface area contributed by atoms with Crippen LogP contribution in [0.25, 0.3) is 0 Å². The van der Waals surface area contributed by atoms with E-state index in [4.69, 9.17) is 9.47 Å². The van der Waals surface area contributed by atoms with Crippen molar-refractivity contribution in [2.24, 2.45) is 5.41 Å². The predicted octanol–water partition coefficient (Wildman–Crippen LogP) is 3.69. The van der Waals surface area contributed by atoms with Crippen LogP contribution in [0.3, 0.4) is 0 Å². The van der Waals surface area contributed by atoms with Gasteiger partial charge >= 0.3 is 0 Å². The standard InChI is InChI=1S/C14H19BrO3/c1-14(2,3)13(16)9-7-11-12(8-10(9)15)18-6-4-5-17-11/h7-8,13,16H,4-6H2,1-3H3. The van der Waals surface area contributed by atoms with E-state index in [9.17, 15) is 5.11 Å². The molecule has 18 heavy (non-hydrogen) atoms. The molecule has 0 aromatic heterocycles. The number of hydrogen-bond donors (Lipinski definition) is 1. The third kappa shape index (κ3) is 2.81. The second kappa shape index (κ2) is 5.10. The Bertz CT molecular complexity index is 437. The normalized spacial score (nSPS) is 17.2. The van der Waals surface area contributed by atoms with Crippen LogP contribution >= 0.6 is 15.9 Å². The molecule has 100 valence electrons. The van der Waals surface area contributed by atoms with Crippen LogP contribution in [0.15, 0.2) is 16.6 Å². The molecule has 2 rings (SSSR count). The first-order valence-electron chi connectivity index (χ1n) is 6.16. The zero-order chi connectivity index (χ0) is 13.3. The first kappa shape index (κ1) is 13.7. The van der Waals surface area contributed by atoms with Gasteiger partial charge in [0.1, 0.15) is 0 Å². The quantitative estimate of drug-likeness (QED) is 0.859. The van der Waals surface area contributed by atoms with E-state index in [0.29, 0.717) is 19.0 Å². The minimum absolute atomic E-state index is 0.220. The number of rotatable bonds is 1. The Balaban J connectivity index is 2.41. The van der Waals surface area contributed by atoms with Crippen LogP contribution in [-0.2, 0) is 0 Å². The molecule has 0 amide bonds. The van der Waals surface area contributed by atoms with Gasteiger partial charge < -0.3 is 14.6 Å². The number of benzene rings is 1. The first-order valence-corrected chi connectivity index (χ1v) is 6.96. The van der Waals surface area contributed by atoms with Gasteiger partial charge in [-0.1, -0.05) is 36.7 Å². The number of hydrogen-bond acceptors (Lipinski definition) is 3. The summed E-state index contributed by atoms with van der Waals surface area (Å²) < 4.78 is 12.1. The minimum Gasteiger partial charge on any atom is -0.490 e. The van der Waals surface area contributed by atoms with Crippen molar-refractivity contribution in [1.82, 2.24) is 0 Å². The van der Waals surface area contributed by atoms with Crippen molar-refractivity contribution >= 4 is 15.9 Å². The number of fused-ring (bicyclic) bond motifs is 1. The number of aliphatic hydroxyl groups is 1. The van der Waals surface area contributed by atoms with E-state index in [1.807, 2.05) is 32.9 Å². The van der Waals surface area contributed by atoms with Crippen LogP contribution in [0.4, 0.5) is 0 Å². The lowest BCUT2D eigenvalue weighted by Crippen LogP contribution is -2.18. The van der Waals surface area contributed by atoms with E-state index in [-0.39, 0.29) is 5.41 Å². The van der Waals surface area contributed by atoms with Crippen LogP contribution < -0.4 is 9.47 Å². The third-order valence-corrected chi connectivity index (χ3v) is 3.67. The largest absolute Gasteiger partial charge is 0.490 e. The Kier molecular flexibility index (Phi) is 3.87. The molecule has 1 unspecified atom stereocenters. The van der Waals surface area contributed by atoms with Gasteiger partial charge in [0.05, 0.1) is 19.3 Å². The smallest absolute Gasteiger partial charge is 0.162 e. The maximum absolute atomic E-state index is 10.4. The second-order valence-corrected chi connectivity index (χ2v) is 6.49. The van der Waals surface area contributed by atoms with Crippen molar-refractivity contribution in [2.45, 2.75) is 33.3 Å². The Morgan fingerprint density at radius 2 is 1.72 bits per heavy atom. The van der Waals surface area contributed by atoms with Crippen molar-refractivity contribution in [3.05, 3.63) is 22.2 Å². The highest BCUT2D eigenvalue weighted by atomic mass is 79.9. The lowest BCUT2D eigenvalue weighted by Gasteiger charge is -2.27. The van der Waals surface area contributed by atoms with Crippen LogP contribution in [0.1, 0.15) is 38.9 Å². The number of aliphatic hydroxyl groups excluding tert-OH is 1. The van der Waals surface area contributed by atoms with Gasteiger partial charge in [-0.2, -0.15) is 0 Å². The molecule has 1 aromatic carbocycles. The van der Waals surface area contributed by atoms with Crippen LogP contribution in [0, 0.1) is 5.41 Å². The van der Waals surface area contributed by atoms with Crippen molar-refractivity contribution in [2.75, 3.05) is 13.2 Å². The summed E-state index contributed by atoms with van der Waals surface area (Å²) in [6.45, 7) is 7.34. The average molecular weight is 315 g/mol. The zero-order valence-corrected chi connectivity index (χ0v) is 12.6. The molecule has 1 aromatic rings. The maximum atomic E-state index is 10.4. The summed E-state index contributed by atoms with van der Waals surface area (Å²) in [6.07, 6.45) is 0.327. The van der Waals surface area contributed by atoms with Crippen LogP contribution in [0.2, 0.25) is 0 Å². The molecule has 0 saturated carbocycles. The third-order valence-electron chi connectivity index (χ3n) is 2.98. The molecular formula is C14H19BrO3. The van der Waals surface area contributed by atoms with E-state index < -0.39 is 6.10 Å². The molecule has 1 N–H and O–H groups in total. The highest BCUT2D eigenvalue weighted by Crippen LogP contribution is 2.42. The fourth-order valence-corrected chi connectivity index (χ4v) is 2.41. The van der Waals surface area contributed by atoms with Crippen LogP contribution in [0.5, 0.6) is 11.5 Å². The molecular weight excluding hydrogens is 296 g/mol. The van der Waals surface area contributed by atoms with E-state index in [1.54, 1.807) is 0 Å². The molecule has 0 radical (unpaired) electrons. The Hall–Kier alpha value is -0.740. The monoisotopic (exact) mass is 314 g/mol. The maximum Gasteiger partial charge on any atom is 0.162 e. The van der Waals surface area contributed by atoms with E-state index in [2.05, 4.69) is 15.9 Å². The Morgan fingerprint density at radius 1 is 1.17 bits per heavy atom. The summed E-state index contributed by atoms with van der Waals surface area (Å²) in [6, 6.07) is 3.76. The summed E-state index contributed by atoms with van der Waals surface area (Å²) in [5.74, 6) is 1.46. The summed E-state index contributed by atoms with van der Waals surface area (Å²) in [5, 5.41) is 10.4. The second-order valence-electron chi connectivity index (χ2n) is 5.64. The van der Waals surface area contributed by atoms with Crippen molar-refractivity contribution < 1.29 is 14.6 Å². The summed E-state index contributed by atoms with van der Waals surface area (Å²) in [4.78, 5) is 0. The average Bonchev–Trinajstić information content (AvgIpc) is 2.50. The van der Waals surface area contributed by atoms with Gasteiger partial charge in [0.15, 0.2) is 11.5 Å². The zero-order valence-electron chi connectivity index (χ0n) is 11.0. The van der Waals surface area contributed by atoms with Crippen LogP contribution in [-0.4, -0.2) is 18.3 Å². The minimum atomic E-state index is -0.552. The molecule has 0 saturated heterocycles. The molecule has 1 atom stereocenters. The summed E-state index contributed by atoms with van der Waals surface area (Å²) >= 11 is 3.50. The van der Waals surface area contributed by atoms with Gasteiger partial charge in [-0.15, -0.1) is 0 Å². The van der Waals surface area contributed by atoms with E-state index >= 15 is 0 Å². The molecule has 0 aliphatic carbocycles. The lowest BCUT2D eigenvalue weighted by atomic mass is 9.85. The molecule has 1 aliphatic rings. The molecule has 4 heteroatoms. The lowest BCUT2D eigenvalue weighted by molar-refractivity contribution is 0.0618. The van der Waals surface area contributed by atoms with Gasteiger partial charge in [0.2, 0.25) is 0 Å². The molecule has 1 heterocycles. The first-order chi connectivity index (χ1) is 8.39. The highest BCUT2D eigenvalue weighted by Gasteiger charge is 2.27. The fraction of sp³-hybridized carbons (Fsp3) is 0.571. The van der Waals surface area contributed by atoms with E-state index in [1.165, 1.54) is 0 Å². The fourth-order valence-electron chi connectivity index (χ4n) is 1.88. The molecule has 1 aliphatic heterocycles. The van der Waals surface area contributed by atoms with Gasteiger partial charge in [0, 0.05) is 10.9 Å². The topological polar surface area (TPSA) is 38.7 Å². The molecule has 0 spiro atoms. The molecule has 0 fully saturated rings. The molecule has 3 nitrogen and oxygen atoms in total. The highest BCUT2D eigenvalue weighted by molar-refractivity contribution is 9.10. The summed E-state index contributed by atoms with van der Waals surface area (Å²) in [7, 11) is 0. The van der Waals surface area contributed by atoms with Crippen molar-refractivity contribution in [3.8, 4) is 11.5 Å². The van der Waals surface area contributed by atoms with Gasteiger partial charge in [-0.25, -0.2) is 0 Å². The van der Waals surface area contributed by atoms with Gasteiger partial charge in [-0.3, -0.25) is 0 Å². The van der Waals surface area contributed by atoms with Crippen molar-refractivity contribution in [1.29, 1.82) is 0 Å². The SMILES string of the molecule is CC(C)(C)C(O)c1cc2c(cc1Br)OCCCO2. The van der Waals surface area contributed by atoms with E-state index in [0.717, 1.165) is 22.2 Å². The van der Waals surface area contributed by atoms with Gasteiger partial charge in [0.25, 0.3) is 0 Å².